The lowest BCUT2D eigenvalue weighted by molar-refractivity contribution is 0.105. The summed E-state index contributed by atoms with van der Waals surface area (Å²) in [6.45, 7) is 5.08. The summed E-state index contributed by atoms with van der Waals surface area (Å²) < 4.78 is 5.17. The maximum absolute atomic E-state index is 9.68. The van der Waals surface area contributed by atoms with Gasteiger partial charge in [-0.15, -0.1) is 0 Å². The van der Waals surface area contributed by atoms with Gasteiger partial charge in [-0.25, -0.2) is 0 Å². The van der Waals surface area contributed by atoms with E-state index >= 15 is 0 Å². The molecule has 1 aliphatic rings. The van der Waals surface area contributed by atoms with E-state index in [9.17, 15) is 5.11 Å². The Balaban J connectivity index is 2.37. The van der Waals surface area contributed by atoms with Crippen molar-refractivity contribution in [1.82, 2.24) is 5.32 Å². The van der Waals surface area contributed by atoms with Gasteiger partial charge in [0.15, 0.2) is 0 Å². The lowest BCUT2D eigenvalue weighted by Crippen LogP contribution is -2.47. The quantitative estimate of drug-likeness (QED) is 0.701. The minimum Gasteiger partial charge on any atom is -0.392 e. The summed E-state index contributed by atoms with van der Waals surface area (Å²) in [5.41, 5.74) is 0. The van der Waals surface area contributed by atoms with E-state index in [2.05, 4.69) is 19.2 Å². The summed E-state index contributed by atoms with van der Waals surface area (Å²) in [6.07, 6.45) is 3.01. The molecule has 0 spiro atoms. The molecule has 2 N–H and O–H groups in total. The summed E-state index contributed by atoms with van der Waals surface area (Å²) in [5, 5.41) is 13.2. The highest BCUT2D eigenvalue weighted by Crippen LogP contribution is 2.20. The first-order valence-electron chi connectivity index (χ1n) is 5.58. The van der Waals surface area contributed by atoms with Crippen LogP contribution in [0.4, 0.5) is 0 Å². The Morgan fingerprint density at radius 2 is 2.14 bits per heavy atom. The van der Waals surface area contributed by atoms with Crippen molar-refractivity contribution in [3.63, 3.8) is 0 Å². The van der Waals surface area contributed by atoms with Crippen LogP contribution in [0.25, 0.3) is 0 Å². The monoisotopic (exact) mass is 201 g/mol. The van der Waals surface area contributed by atoms with E-state index < -0.39 is 0 Å². The van der Waals surface area contributed by atoms with Crippen molar-refractivity contribution in [3.8, 4) is 0 Å². The second-order valence-corrected chi connectivity index (χ2v) is 4.58. The number of ether oxygens (including phenoxy) is 1. The fourth-order valence-electron chi connectivity index (χ4n) is 2.02. The zero-order valence-electron chi connectivity index (χ0n) is 9.49. The lowest BCUT2D eigenvalue weighted by atomic mass is 10.0. The normalized spacial score (nSPS) is 29.8. The van der Waals surface area contributed by atoms with Crippen molar-refractivity contribution in [2.24, 2.45) is 5.92 Å². The molecule has 3 nitrogen and oxygen atoms in total. The number of hydrogen-bond acceptors (Lipinski definition) is 3. The molecule has 0 amide bonds. The van der Waals surface area contributed by atoms with Crippen LogP contribution >= 0.6 is 0 Å². The highest BCUT2D eigenvalue weighted by molar-refractivity contribution is 4.86. The van der Waals surface area contributed by atoms with Gasteiger partial charge in [-0.05, 0) is 25.2 Å². The molecule has 1 saturated carbocycles. The second-order valence-electron chi connectivity index (χ2n) is 4.58. The number of hydrogen-bond donors (Lipinski definition) is 2. The van der Waals surface area contributed by atoms with E-state index in [1.807, 2.05) is 0 Å². The van der Waals surface area contributed by atoms with Gasteiger partial charge in [0.05, 0.1) is 12.7 Å². The highest BCUT2D eigenvalue weighted by Gasteiger charge is 2.27. The Labute approximate surface area is 86.8 Å². The summed E-state index contributed by atoms with van der Waals surface area (Å²) in [4.78, 5) is 0. The molecule has 0 aliphatic heterocycles. The van der Waals surface area contributed by atoms with E-state index in [0.29, 0.717) is 12.0 Å². The van der Waals surface area contributed by atoms with Gasteiger partial charge in [-0.1, -0.05) is 13.8 Å². The number of methoxy groups -OCH3 is 1. The molecule has 0 aromatic heterocycles. The van der Waals surface area contributed by atoms with Gasteiger partial charge in [0.1, 0.15) is 0 Å². The molecule has 0 radical (unpaired) electrons. The molecule has 14 heavy (non-hydrogen) atoms. The summed E-state index contributed by atoms with van der Waals surface area (Å²) in [6, 6.07) is 0.635. The van der Waals surface area contributed by atoms with Crippen molar-refractivity contribution < 1.29 is 9.84 Å². The molecular weight excluding hydrogens is 178 g/mol. The summed E-state index contributed by atoms with van der Waals surface area (Å²) >= 11 is 0. The van der Waals surface area contributed by atoms with Gasteiger partial charge in [-0.3, -0.25) is 0 Å². The largest absolute Gasteiger partial charge is 0.392 e. The van der Waals surface area contributed by atoms with Gasteiger partial charge in [0, 0.05) is 19.2 Å². The second kappa shape index (κ2) is 5.69. The average molecular weight is 201 g/mol. The van der Waals surface area contributed by atoms with Crippen LogP contribution < -0.4 is 5.32 Å². The Morgan fingerprint density at radius 1 is 1.43 bits per heavy atom. The molecule has 1 fully saturated rings. The minimum atomic E-state index is -0.159. The van der Waals surface area contributed by atoms with Gasteiger partial charge in [0.2, 0.25) is 0 Å². The first-order valence-corrected chi connectivity index (χ1v) is 5.58. The Morgan fingerprint density at radius 3 is 2.57 bits per heavy atom. The SMILES string of the molecule is COCC(NC1CCCC1O)C(C)C. The van der Waals surface area contributed by atoms with Crippen LogP contribution in [0.1, 0.15) is 33.1 Å². The third-order valence-corrected chi connectivity index (χ3v) is 3.06. The molecule has 0 bridgehead atoms. The smallest absolute Gasteiger partial charge is 0.0693 e. The molecular formula is C11H23NO2. The number of rotatable bonds is 5. The fraction of sp³-hybridized carbons (Fsp3) is 1.00. The van der Waals surface area contributed by atoms with Crippen LogP contribution in [0.2, 0.25) is 0 Å². The molecule has 0 heterocycles. The van der Waals surface area contributed by atoms with Crippen LogP contribution in [0.15, 0.2) is 0 Å². The van der Waals surface area contributed by atoms with Crippen LogP contribution in [-0.4, -0.2) is 37.0 Å². The third-order valence-electron chi connectivity index (χ3n) is 3.06. The topological polar surface area (TPSA) is 41.5 Å². The average Bonchev–Trinajstić information content (AvgIpc) is 2.51. The van der Waals surface area contributed by atoms with Crippen LogP contribution in [0.3, 0.4) is 0 Å². The van der Waals surface area contributed by atoms with Gasteiger partial charge in [0.25, 0.3) is 0 Å². The van der Waals surface area contributed by atoms with E-state index in [-0.39, 0.29) is 12.1 Å². The van der Waals surface area contributed by atoms with Gasteiger partial charge >= 0.3 is 0 Å². The number of nitrogens with one attached hydrogen (secondary N) is 1. The molecule has 0 saturated heterocycles. The molecule has 3 heteroatoms. The standard InChI is InChI=1S/C11H23NO2/c1-8(2)10(7-14-3)12-9-5-4-6-11(9)13/h8-13H,4-7H2,1-3H3. The van der Waals surface area contributed by atoms with Crippen molar-refractivity contribution in [2.45, 2.75) is 51.3 Å². The van der Waals surface area contributed by atoms with E-state index in [1.165, 1.54) is 0 Å². The fourth-order valence-corrected chi connectivity index (χ4v) is 2.02. The van der Waals surface area contributed by atoms with Crippen molar-refractivity contribution in [3.05, 3.63) is 0 Å². The van der Waals surface area contributed by atoms with Crippen molar-refractivity contribution in [2.75, 3.05) is 13.7 Å². The third kappa shape index (κ3) is 3.23. The predicted octanol–water partition coefficient (Wildman–Crippen LogP) is 1.16. The first kappa shape index (κ1) is 12.0. The Hall–Kier alpha value is -0.120. The van der Waals surface area contributed by atoms with E-state index in [1.54, 1.807) is 7.11 Å². The lowest BCUT2D eigenvalue weighted by Gasteiger charge is -2.27. The van der Waals surface area contributed by atoms with Crippen molar-refractivity contribution in [1.29, 1.82) is 0 Å². The number of aliphatic hydroxyl groups excluding tert-OH is 1. The zero-order chi connectivity index (χ0) is 10.6. The van der Waals surface area contributed by atoms with Gasteiger partial charge in [-0.2, -0.15) is 0 Å². The maximum Gasteiger partial charge on any atom is 0.0693 e. The number of aliphatic hydroxyl groups is 1. The van der Waals surface area contributed by atoms with Crippen LogP contribution in [0.5, 0.6) is 0 Å². The minimum absolute atomic E-state index is 0.159. The molecule has 3 unspecified atom stereocenters. The Bertz CT molecular complexity index is 161. The maximum atomic E-state index is 9.68. The molecule has 1 rings (SSSR count). The predicted molar refractivity (Wildman–Crippen MR) is 57.3 cm³/mol. The molecule has 0 aromatic carbocycles. The highest BCUT2D eigenvalue weighted by atomic mass is 16.5. The van der Waals surface area contributed by atoms with E-state index in [4.69, 9.17) is 4.74 Å². The van der Waals surface area contributed by atoms with E-state index in [0.717, 1.165) is 25.9 Å². The molecule has 84 valence electrons. The molecule has 0 aromatic rings. The Kier molecular flexibility index (Phi) is 4.85. The zero-order valence-corrected chi connectivity index (χ0v) is 9.49. The summed E-state index contributed by atoms with van der Waals surface area (Å²) in [7, 11) is 1.72. The van der Waals surface area contributed by atoms with Crippen LogP contribution in [-0.2, 0) is 4.74 Å². The van der Waals surface area contributed by atoms with Crippen LogP contribution in [0, 0.1) is 5.92 Å². The van der Waals surface area contributed by atoms with Crippen molar-refractivity contribution >= 4 is 0 Å². The molecule has 1 aliphatic carbocycles. The van der Waals surface area contributed by atoms with Gasteiger partial charge < -0.3 is 15.2 Å². The summed E-state index contributed by atoms with van der Waals surface area (Å²) in [5.74, 6) is 0.544. The first-order chi connectivity index (χ1) is 6.65. The molecule has 3 atom stereocenters.